The zero-order valence-electron chi connectivity index (χ0n) is 27.3. The average molecular weight is 703 g/mol. The topological polar surface area (TPSA) is 250 Å². The van der Waals surface area contributed by atoms with Crippen molar-refractivity contribution in [3.8, 4) is 34.3 Å². The molecule has 2 saturated heterocycles. The Bertz CT molecular complexity index is 1740. The fourth-order valence-corrected chi connectivity index (χ4v) is 7.11. The lowest BCUT2D eigenvalue weighted by Crippen LogP contribution is -2.70. The van der Waals surface area contributed by atoms with Gasteiger partial charge in [-0.25, -0.2) is 4.79 Å². The third-order valence-electron chi connectivity index (χ3n) is 9.69. The van der Waals surface area contributed by atoms with E-state index in [2.05, 4.69) is 10.6 Å². The van der Waals surface area contributed by atoms with Crippen molar-refractivity contribution in [3.05, 3.63) is 46.6 Å². The van der Waals surface area contributed by atoms with Crippen LogP contribution in [0.25, 0.3) is 22.3 Å². The number of carboxylic acid groups (broad SMARTS) is 1. The molecule has 16 nitrogen and oxygen atoms in total. The number of carbonyl (C=O) groups is 1. The van der Waals surface area contributed by atoms with Crippen molar-refractivity contribution >= 4 is 16.9 Å². The Hall–Kier alpha value is -4.00. The molecular formula is C34H42N2O14. The molecule has 1 saturated carbocycles. The Balaban J connectivity index is 1.41. The molecule has 0 spiro atoms. The molecule has 1 aliphatic carbocycles. The molecule has 8 atom stereocenters. The normalized spacial score (nSPS) is 31.4. The van der Waals surface area contributed by atoms with Gasteiger partial charge in [-0.2, -0.15) is 0 Å². The molecule has 2 aromatic carbocycles. The Morgan fingerprint density at radius 1 is 1.14 bits per heavy atom. The van der Waals surface area contributed by atoms with Gasteiger partial charge in [-0.15, -0.1) is 0 Å². The van der Waals surface area contributed by atoms with Crippen molar-refractivity contribution in [3.63, 3.8) is 0 Å². The van der Waals surface area contributed by atoms with Crippen LogP contribution in [0.2, 0.25) is 0 Å². The third-order valence-corrected chi connectivity index (χ3v) is 9.69. The van der Waals surface area contributed by atoms with E-state index in [0.717, 1.165) is 12.1 Å². The first kappa shape index (κ1) is 35.8. The number of fused-ring (bicyclic) bond motifs is 1. The summed E-state index contributed by atoms with van der Waals surface area (Å²) in [4.78, 5) is 25.9. The third kappa shape index (κ3) is 6.97. The molecule has 0 amide bonds. The number of ether oxygens (including phenoxy) is 4. The van der Waals surface area contributed by atoms with E-state index in [4.69, 9.17) is 23.4 Å². The number of hydrogen-bond acceptors (Lipinski definition) is 15. The molecule has 3 fully saturated rings. The monoisotopic (exact) mass is 702 g/mol. The van der Waals surface area contributed by atoms with Crippen molar-refractivity contribution in [1.82, 2.24) is 10.6 Å². The zero-order valence-corrected chi connectivity index (χ0v) is 27.3. The molecule has 9 N–H and O–H groups in total. The van der Waals surface area contributed by atoms with Gasteiger partial charge < -0.3 is 69.7 Å². The molecule has 16 heteroatoms. The van der Waals surface area contributed by atoms with Crippen molar-refractivity contribution in [2.75, 3.05) is 26.9 Å². The number of aromatic hydroxyl groups is 1. The van der Waals surface area contributed by atoms with Crippen LogP contribution >= 0.6 is 0 Å². The fraction of sp³-hybridized carbons (Fsp3) is 0.529. The maximum Gasteiger partial charge on any atom is 0.336 e. The number of methoxy groups -OCH3 is 1. The second-order valence-electron chi connectivity index (χ2n) is 13.2. The SMILES string of the molecule is COc1ccc(-c2cc(=O)c3c(O)c(OC4(O)CCCC(CCO)C4)c(OC4OC(C(=O)O)C(O)(CC5CNCN5)C(O)C4O)cc3o2)cc1. The minimum absolute atomic E-state index is 0.0644. The molecule has 0 bridgehead atoms. The van der Waals surface area contributed by atoms with Crippen LogP contribution in [0.1, 0.15) is 38.5 Å². The number of phenolic OH excluding ortho intramolecular Hbond substituents is 1. The summed E-state index contributed by atoms with van der Waals surface area (Å²) in [5.41, 5.74) is -2.83. The van der Waals surface area contributed by atoms with E-state index < -0.39 is 70.7 Å². The molecule has 50 heavy (non-hydrogen) atoms. The second-order valence-corrected chi connectivity index (χ2v) is 13.2. The summed E-state index contributed by atoms with van der Waals surface area (Å²) in [6.45, 7) is 0.638. The molecule has 3 aliphatic rings. The first-order valence-electron chi connectivity index (χ1n) is 16.4. The minimum Gasteiger partial charge on any atom is -0.504 e. The maximum absolute atomic E-state index is 13.5. The number of phenols is 1. The lowest BCUT2D eigenvalue weighted by atomic mass is 9.79. The Kier molecular flexibility index (Phi) is 10.3. The minimum atomic E-state index is -2.45. The van der Waals surface area contributed by atoms with E-state index in [1.807, 2.05) is 0 Å². The molecule has 3 heterocycles. The maximum atomic E-state index is 13.5. The lowest BCUT2D eigenvalue weighted by Gasteiger charge is -2.47. The van der Waals surface area contributed by atoms with Gasteiger partial charge in [0.25, 0.3) is 0 Å². The van der Waals surface area contributed by atoms with Crippen molar-refractivity contribution in [1.29, 1.82) is 0 Å². The first-order chi connectivity index (χ1) is 23.9. The van der Waals surface area contributed by atoms with Gasteiger partial charge >= 0.3 is 5.97 Å². The molecule has 272 valence electrons. The standard InChI is InChI=1S/C34H42N2O14/c1-46-20-6-4-18(5-7-20)22-11-21(38)25-23(47-22)12-24(28(26(25)39)50-33(44)9-2-3-17(13-33)8-10-37)48-32-27(40)29(41)34(45,30(49-32)31(42)43)14-19-15-35-16-36-19/h4-7,11-12,17,19,27,29-30,32,35-37,39-41,44-45H,2-3,8-10,13-16H2,1H3,(H,42,43). The highest BCUT2D eigenvalue weighted by molar-refractivity contribution is 5.89. The van der Waals surface area contributed by atoms with Crippen molar-refractivity contribution < 1.29 is 63.9 Å². The fourth-order valence-electron chi connectivity index (χ4n) is 7.11. The highest BCUT2D eigenvalue weighted by Gasteiger charge is 2.59. The highest BCUT2D eigenvalue weighted by Crippen LogP contribution is 2.48. The van der Waals surface area contributed by atoms with E-state index >= 15 is 0 Å². The van der Waals surface area contributed by atoms with E-state index in [-0.39, 0.29) is 48.5 Å². The van der Waals surface area contributed by atoms with Crippen molar-refractivity contribution in [2.24, 2.45) is 5.92 Å². The number of hydrogen-bond donors (Lipinski definition) is 9. The summed E-state index contributed by atoms with van der Waals surface area (Å²) in [7, 11) is 1.50. The summed E-state index contributed by atoms with van der Waals surface area (Å²) in [6.07, 6.45) is -6.64. The van der Waals surface area contributed by atoms with Gasteiger partial charge in [0.1, 0.15) is 40.3 Å². The smallest absolute Gasteiger partial charge is 0.336 e. The van der Waals surface area contributed by atoms with E-state index in [1.165, 1.54) is 7.11 Å². The predicted octanol–water partition coefficient (Wildman–Crippen LogP) is 0.364. The average Bonchev–Trinajstić information content (AvgIpc) is 3.59. The van der Waals surface area contributed by atoms with Crippen LogP contribution in [0.3, 0.4) is 0 Å². The van der Waals surface area contributed by atoms with Gasteiger partial charge in [0.15, 0.2) is 23.0 Å². The Morgan fingerprint density at radius 2 is 1.90 bits per heavy atom. The van der Waals surface area contributed by atoms with Gasteiger partial charge in [-0.3, -0.25) is 4.79 Å². The number of carboxylic acids is 1. The molecule has 6 rings (SSSR count). The quantitative estimate of drug-likeness (QED) is 0.122. The first-order valence-corrected chi connectivity index (χ1v) is 16.4. The highest BCUT2D eigenvalue weighted by atomic mass is 16.7. The molecule has 0 radical (unpaired) electrons. The van der Waals surface area contributed by atoms with Gasteiger partial charge in [0.2, 0.25) is 17.8 Å². The number of benzene rings is 2. The number of aliphatic hydroxyl groups is 5. The van der Waals surface area contributed by atoms with Crippen LogP contribution in [0.5, 0.6) is 23.0 Å². The largest absolute Gasteiger partial charge is 0.504 e. The van der Waals surface area contributed by atoms with Crippen molar-refractivity contribution in [2.45, 2.75) is 80.6 Å². The lowest BCUT2D eigenvalue weighted by molar-refractivity contribution is -0.307. The molecule has 8 unspecified atom stereocenters. The molecule has 1 aromatic heterocycles. The van der Waals surface area contributed by atoms with Gasteiger partial charge in [0.05, 0.1) is 7.11 Å². The van der Waals surface area contributed by atoms with Crippen LogP contribution in [0.15, 0.2) is 45.6 Å². The molecule has 3 aromatic rings. The van der Waals surface area contributed by atoms with Crippen LogP contribution in [0.4, 0.5) is 0 Å². The second kappa shape index (κ2) is 14.3. The zero-order chi connectivity index (χ0) is 35.8. The number of rotatable bonds is 11. The van der Waals surface area contributed by atoms with Gasteiger partial charge in [0, 0.05) is 56.4 Å². The van der Waals surface area contributed by atoms with Crippen LogP contribution in [-0.2, 0) is 9.53 Å². The summed E-state index contributed by atoms with van der Waals surface area (Å²) in [6, 6.07) is 8.49. The van der Waals surface area contributed by atoms with Crippen LogP contribution in [-0.4, -0.2) is 111 Å². The van der Waals surface area contributed by atoms with Gasteiger partial charge in [-0.05, 0) is 55.9 Å². The molecular weight excluding hydrogens is 660 g/mol. The van der Waals surface area contributed by atoms with Crippen LogP contribution < -0.4 is 30.3 Å². The summed E-state index contributed by atoms with van der Waals surface area (Å²) < 4.78 is 28.8. The number of aliphatic hydroxyl groups excluding tert-OH is 3. The van der Waals surface area contributed by atoms with Crippen LogP contribution in [0, 0.1) is 5.92 Å². The molecule has 2 aliphatic heterocycles. The number of nitrogens with one attached hydrogen (secondary N) is 2. The predicted molar refractivity (Wildman–Crippen MR) is 174 cm³/mol. The Labute approximate surface area is 285 Å². The summed E-state index contributed by atoms with van der Waals surface area (Å²) in [5.74, 6) is -4.73. The van der Waals surface area contributed by atoms with Gasteiger partial charge in [-0.1, -0.05) is 0 Å². The summed E-state index contributed by atoms with van der Waals surface area (Å²) in [5, 5.41) is 82.1. The summed E-state index contributed by atoms with van der Waals surface area (Å²) >= 11 is 0. The van der Waals surface area contributed by atoms with E-state index in [9.17, 15) is 45.3 Å². The van der Waals surface area contributed by atoms with E-state index in [0.29, 0.717) is 43.8 Å². The number of aliphatic carboxylic acids is 1. The van der Waals surface area contributed by atoms with E-state index in [1.54, 1.807) is 24.3 Å². The Morgan fingerprint density at radius 3 is 2.56 bits per heavy atom.